The average Bonchev–Trinajstić information content (AvgIpc) is 3.56. The van der Waals surface area contributed by atoms with Crippen LogP contribution in [0.4, 0.5) is 10.1 Å². The second-order valence-electron chi connectivity index (χ2n) is 8.40. The molecule has 0 saturated carbocycles. The molecular weight excluding hydrogens is 457 g/mol. The molecule has 0 bridgehead atoms. The Morgan fingerprint density at radius 2 is 1.94 bits per heavy atom. The molecule has 2 amide bonds. The topological polar surface area (TPSA) is 74.6 Å². The van der Waals surface area contributed by atoms with Crippen molar-refractivity contribution in [1.29, 1.82) is 0 Å². The predicted molar refractivity (Wildman–Crippen MR) is 130 cm³/mol. The van der Waals surface area contributed by atoms with Crippen LogP contribution in [-0.4, -0.2) is 42.9 Å². The Morgan fingerprint density at radius 3 is 2.76 bits per heavy atom. The van der Waals surface area contributed by atoms with E-state index in [1.807, 2.05) is 0 Å². The average molecular weight is 480 g/mol. The Hall–Kier alpha value is -3.42. The first-order valence-electron chi connectivity index (χ1n) is 11.2. The van der Waals surface area contributed by atoms with Gasteiger partial charge >= 0.3 is 0 Å². The molecule has 1 saturated heterocycles. The van der Waals surface area contributed by atoms with Gasteiger partial charge in [-0.1, -0.05) is 11.6 Å². The van der Waals surface area contributed by atoms with Gasteiger partial charge in [-0.15, -0.1) is 0 Å². The monoisotopic (exact) mass is 479 g/mol. The van der Waals surface area contributed by atoms with E-state index in [0.717, 1.165) is 19.6 Å². The van der Waals surface area contributed by atoms with Crippen LogP contribution in [0.2, 0.25) is 5.02 Å². The number of anilines is 1. The molecule has 1 aromatic heterocycles. The Kier molecular flexibility index (Phi) is 6.22. The van der Waals surface area contributed by atoms with E-state index >= 15 is 0 Å². The molecule has 1 fully saturated rings. The molecule has 34 heavy (non-hydrogen) atoms. The van der Waals surface area contributed by atoms with E-state index in [4.69, 9.17) is 16.0 Å². The highest BCUT2D eigenvalue weighted by Crippen LogP contribution is 2.35. The third-order valence-electron chi connectivity index (χ3n) is 6.08. The van der Waals surface area contributed by atoms with Crippen molar-refractivity contribution in [3.63, 3.8) is 0 Å². The van der Waals surface area contributed by atoms with E-state index in [2.05, 4.69) is 15.5 Å². The lowest BCUT2D eigenvalue weighted by Gasteiger charge is -2.14. The predicted octanol–water partition coefficient (Wildman–Crippen LogP) is 5.06. The van der Waals surface area contributed by atoms with Crippen molar-refractivity contribution in [3.8, 4) is 11.3 Å². The van der Waals surface area contributed by atoms with Crippen LogP contribution in [-0.2, 0) is 4.79 Å². The van der Waals surface area contributed by atoms with Crippen molar-refractivity contribution in [1.82, 2.24) is 10.2 Å². The molecule has 174 valence electrons. The van der Waals surface area contributed by atoms with Gasteiger partial charge in [-0.25, -0.2) is 4.39 Å². The van der Waals surface area contributed by atoms with E-state index in [9.17, 15) is 14.0 Å². The third-order valence-corrected chi connectivity index (χ3v) is 6.41. The van der Waals surface area contributed by atoms with Crippen molar-refractivity contribution in [2.45, 2.75) is 12.8 Å². The second-order valence-corrected chi connectivity index (χ2v) is 8.81. The number of nitrogens with one attached hydrogen (secondary N) is 2. The first-order valence-corrected chi connectivity index (χ1v) is 11.6. The van der Waals surface area contributed by atoms with Crippen molar-refractivity contribution < 1.29 is 18.4 Å². The van der Waals surface area contributed by atoms with Gasteiger partial charge in [0.05, 0.1) is 10.6 Å². The second kappa shape index (κ2) is 9.44. The first kappa shape index (κ1) is 22.4. The van der Waals surface area contributed by atoms with E-state index < -0.39 is 5.82 Å². The lowest BCUT2D eigenvalue weighted by atomic mass is 10.1. The van der Waals surface area contributed by atoms with Crippen LogP contribution in [0.15, 0.2) is 52.9 Å². The highest BCUT2D eigenvalue weighted by Gasteiger charge is 2.25. The van der Waals surface area contributed by atoms with E-state index in [1.165, 1.54) is 31.0 Å². The van der Waals surface area contributed by atoms with Crippen LogP contribution in [0.25, 0.3) is 23.0 Å². The summed E-state index contributed by atoms with van der Waals surface area (Å²) in [5.41, 5.74) is 2.40. The van der Waals surface area contributed by atoms with Crippen molar-refractivity contribution in [2.75, 3.05) is 31.5 Å². The highest BCUT2D eigenvalue weighted by molar-refractivity contribution is 6.35. The molecule has 0 radical (unpaired) electrons. The normalized spacial score (nSPS) is 16.6. The van der Waals surface area contributed by atoms with Crippen LogP contribution >= 0.6 is 11.6 Å². The number of halogens is 2. The largest absolute Gasteiger partial charge is 0.457 e. The minimum atomic E-state index is -0.427. The summed E-state index contributed by atoms with van der Waals surface area (Å²) in [7, 11) is 0. The number of likely N-dealkylation sites (tertiary alicyclic amines) is 1. The molecule has 2 aliphatic heterocycles. The van der Waals surface area contributed by atoms with Crippen LogP contribution < -0.4 is 10.6 Å². The molecule has 0 unspecified atom stereocenters. The number of carbonyl (C=O) groups is 2. The zero-order valence-corrected chi connectivity index (χ0v) is 19.1. The molecule has 3 aromatic rings. The fourth-order valence-electron chi connectivity index (χ4n) is 4.31. The molecule has 5 rings (SSSR count). The van der Waals surface area contributed by atoms with Crippen LogP contribution in [0.3, 0.4) is 0 Å². The fraction of sp³-hybridized carbons (Fsp3) is 0.231. The summed E-state index contributed by atoms with van der Waals surface area (Å²) in [5.74, 6) is -0.0599. The number of hydrogen-bond acceptors (Lipinski definition) is 4. The van der Waals surface area contributed by atoms with Crippen molar-refractivity contribution in [3.05, 3.63) is 76.3 Å². The molecule has 2 N–H and O–H groups in total. The summed E-state index contributed by atoms with van der Waals surface area (Å²) in [5, 5.41) is 6.11. The zero-order chi connectivity index (χ0) is 23.7. The van der Waals surface area contributed by atoms with Gasteiger partial charge in [-0.2, -0.15) is 0 Å². The van der Waals surface area contributed by atoms with Crippen LogP contribution in [0.1, 0.15) is 34.5 Å². The number of hydrogen-bond donors (Lipinski definition) is 2. The zero-order valence-electron chi connectivity index (χ0n) is 18.4. The molecule has 8 heteroatoms. The van der Waals surface area contributed by atoms with Gasteiger partial charge in [0.2, 0.25) is 0 Å². The number of rotatable bonds is 6. The fourth-order valence-corrected chi connectivity index (χ4v) is 4.52. The van der Waals surface area contributed by atoms with Gasteiger partial charge in [0.15, 0.2) is 0 Å². The molecule has 2 aliphatic rings. The summed E-state index contributed by atoms with van der Waals surface area (Å²) in [6, 6.07) is 12.6. The van der Waals surface area contributed by atoms with Gasteiger partial charge in [0.25, 0.3) is 11.8 Å². The number of amides is 2. The van der Waals surface area contributed by atoms with E-state index in [1.54, 1.807) is 36.4 Å². The third kappa shape index (κ3) is 4.62. The first-order chi connectivity index (χ1) is 16.5. The highest BCUT2D eigenvalue weighted by atomic mass is 35.5. The lowest BCUT2D eigenvalue weighted by molar-refractivity contribution is -0.110. The Bertz CT molecular complexity index is 1290. The number of benzene rings is 2. The summed E-state index contributed by atoms with van der Waals surface area (Å²) in [4.78, 5) is 27.3. The Labute approximate surface area is 201 Å². The van der Waals surface area contributed by atoms with E-state index in [-0.39, 0.29) is 11.8 Å². The SMILES string of the molecule is O=C1Nc2ccc(F)cc2/C1=C\c1ccc(-c2cc(C(=O)NCCN3CCCC3)ccc2Cl)o1. The number of furan rings is 1. The molecule has 3 heterocycles. The summed E-state index contributed by atoms with van der Waals surface area (Å²) in [6.07, 6.45) is 3.99. The molecule has 0 spiro atoms. The number of fused-ring (bicyclic) bond motifs is 1. The van der Waals surface area contributed by atoms with E-state index in [0.29, 0.717) is 51.0 Å². The maximum atomic E-state index is 13.7. The molecule has 2 aromatic carbocycles. The molecule has 0 aliphatic carbocycles. The van der Waals surface area contributed by atoms with Crippen molar-refractivity contribution >= 4 is 40.8 Å². The smallest absolute Gasteiger partial charge is 0.256 e. The molecule has 0 atom stereocenters. The van der Waals surface area contributed by atoms with Crippen molar-refractivity contribution in [2.24, 2.45) is 0 Å². The Balaban J connectivity index is 1.34. The van der Waals surface area contributed by atoms with Crippen LogP contribution in [0, 0.1) is 5.82 Å². The molecular formula is C26H23ClFN3O3. The minimum Gasteiger partial charge on any atom is -0.457 e. The maximum absolute atomic E-state index is 13.7. The van der Waals surface area contributed by atoms with Gasteiger partial charge in [-0.3, -0.25) is 9.59 Å². The molecule has 6 nitrogen and oxygen atoms in total. The quantitative estimate of drug-likeness (QED) is 0.485. The standard InChI is InChI=1S/C26H23ClFN3O3/c27-22-6-3-16(25(32)29-9-12-31-10-1-2-11-31)13-21(22)24-8-5-18(34-24)15-20-19-14-17(28)4-7-23(19)30-26(20)33/h3-8,13-15H,1-2,9-12H2,(H,29,32)(H,30,33)/b20-15+. The van der Waals surface area contributed by atoms with Gasteiger partial charge in [0, 0.05) is 35.5 Å². The van der Waals surface area contributed by atoms with Crippen LogP contribution in [0.5, 0.6) is 0 Å². The maximum Gasteiger partial charge on any atom is 0.256 e. The summed E-state index contributed by atoms with van der Waals surface area (Å²) < 4.78 is 19.6. The minimum absolute atomic E-state index is 0.174. The lowest BCUT2D eigenvalue weighted by Crippen LogP contribution is -2.33. The van der Waals surface area contributed by atoms with Gasteiger partial charge < -0.3 is 20.0 Å². The Morgan fingerprint density at radius 1 is 1.12 bits per heavy atom. The van der Waals surface area contributed by atoms with Gasteiger partial charge in [-0.05, 0) is 80.5 Å². The summed E-state index contributed by atoms with van der Waals surface area (Å²) in [6.45, 7) is 3.59. The number of nitrogens with zero attached hydrogens (tertiary/aromatic N) is 1. The summed E-state index contributed by atoms with van der Waals surface area (Å²) >= 11 is 6.39. The van der Waals surface area contributed by atoms with Gasteiger partial charge in [0.1, 0.15) is 17.3 Å². The number of carbonyl (C=O) groups excluding carboxylic acids is 2.